The van der Waals surface area contributed by atoms with Gasteiger partial charge < -0.3 is 5.32 Å². The lowest BCUT2D eigenvalue weighted by Gasteiger charge is -2.13. The van der Waals surface area contributed by atoms with Crippen LogP contribution in [0.5, 0.6) is 0 Å². The molecule has 0 bridgehead atoms. The summed E-state index contributed by atoms with van der Waals surface area (Å²) in [5.74, 6) is -0.0496. The van der Waals surface area contributed by atoms with E-state index in [1.807, 2.05) is 20.8 Å². The highest BCUT2D eigenvalue weighted by Crippen LogP contribution is 2.24. The number of nitrogens with one attached hydrogen (secondary N) is 1. The van der Waals surface area contributed by atoms with Crippen LogP contribution >= 0.6 is 0 Å². The van der Waals surface area contributed by atoms with Crippen molar-refractivity contribution in [2.24, 2.45) is 0 Å². The number of hydrogen-bond donors (Lipinski definition) is 1. The van der Waals surface area contributed by atoms with Gasteiger partial charge in [-0.15, -0.1) is 0 Å². The Morgan fingerprint density at radius 3 is 2.71 bits per heavy atom. The van der Waals surface area contributed by atoms with Crippen molar-refractivity contribution in [3.8, 4) is 11.1 Å². The van der Waals surface area contributed by atoms with Crippen LogP contribution in [-0.2, 0) is 6.54 Å². The first kappa shape index (κ1) is 16.0. The number of nitrogens with zero attached hydrogens (tertiary/aromatic N) is 4. The largest absolute Gasteiger partial charge is 0.354 e. The molecule has 0 aliphatic heterocycles. The molecule has 3 rings (SSSR count). The maximum Gasteiger partial charge on any atom is 0.260 e. The average Bonchev–Trinajstić information content (AvgIpc) is 2.56. The minimum absolute atomic E-state index is 0.231. The van der Waals surface area contributed by atoms with Crippen LogP contribution in [0.4, 0.5) is 10.3 Å². The predicted molar refractivity (Wildman–Crippen MR) is 91.6 cm³/mol. The lowest BCUT2D eigenvalue weighted by molar-refractivity contribution is 0.624. The first-order valence-electron chi connectivity index (χ1n) is 7.82. The van der Waals surface area contributed by atoms with E-state index in [0.717, 1.165) is 17.3 Å². The van der Waals surface area contributed by atoms with Gasteiger partial charge in [0.15, 0.2) is 0 Å². The summed E-state index contributed by atoms with van der Waals surface area (Å²) in [6.45, 7) is 6.77. The second-order valence-corrected chi connectivity index (χ2v) is 5.36. The fourth-order valence-electron chi connectivity index (χ4n) is 2.71. The van der Waals surface area contributed by atoms with Crippen molar-refractivity contribution >= 4 is 17.0 Å². The fraction of sp³-hybridized carbons (Fsp3) is 0.294. The van der Waals surface area contributed by atoms with Crippen molar-refractivity contribution in [1.82, 2.24) is 19.5 Å². The molecule has 0 saturated carbocycles. The second-order valence-electron chi connectivity index (χ2n) is 5.36. The molecule has 0 fully saturated rings. The molecular weight excluding hydrogens is 309 g/mol. The van der Waals surface area contributed by atoms with Gasteiger partial charge in [0.25, 0.3) is 5.56 Å². The summed E-state index contributed by atoms with van der Waals surface area (Å²) in [4.78, 5) is 25.4. The number of hydrogen-bond acceptors (Lipinski definition) is 5. The zero-order valence-electron chi connectivity index (χ0n) is 13.8. The lowest BCUT2D eigenvalue weighted by atomic mass is 10.1. The minimum atomic E-state index is -0.528. The number of halogens is 1. The Bertz CT molecular complexity index is 967. The molecule has 0 radical (unpaired) electrons. The topological polar surface area (TPSA) is 72.7 Å². The van der Waals surface area contributed by atoms with E-state index in [9.17, 15) is 9.18 Å². The van der Waals surface area contributed by atoms with Crippen LogP contribution in [0.1, 0.15) is 19.5 Å². The van der Waals surface area contributed by atoms with Gasteiger partial charge in [0.1, 0.15) is 11.5 Å². The molecule has 6 nitrogen and oxygen atoms in total. The Balaban J connectivity index is 2.37. The highest BCUT2D eigenvalue weighted by molar-refractivity contribution is 5.84. The summed E-state index contributed by atoms with van der Waals surface area (Å²) in [7, 11) is 0. The van der Waals surface area contributed by atoms with Gasteiger partial charge in [-0.05, 0) is 32.9 Å². The molecule has 0 unspecified atom stereocenters. The molecule has 0 atom stereocenters. The number of anilines is 1. The normalized spacial score (nSPS) is 11.0. The lowest BCUT2D eigenvalue weighted by Crippen LogP contribution is -2.23. The van der Waals surface area contributed by atoms with Gasteiger partial charge in [-0.1, -0.05) is 0 Å². The number of aromatic nitrogens is 4. The standard InChI is InChI=1S/C17H18FN5O/c1-4-20-17-21-10(3)12-8-13(11-6-7-19-9-14(11)18)16(24)23(5-2)15(12)22-17/h6-9H,4-5H2,1-3H3,(H,20,21,22). The van der Waals surface area contributed by atoms with Crippen molar-refractivity contribution in [3.05, 3.63) is 46.4 Å². The van der Waals surface area contributed by atoms with Gasteiger partial charge in [0, 0.05) is 30.2 Å². The molecule has 1 N–H and O–H groups in total. The third-order valence-corrected chi connectivity index (χ3v) is 3.85. The van der Waals surface area contributed by atoms with E-state index >= 15 is 0 Å². The van der Waals surface area contributed by atoms with E-state index < -0.39 is 5.82 Å². The number of rotatable bonds is 4. The van der Waals surface area contributed by atoms with Gasteiger partial charge in [0.05, 0.1) is 17.5 Å². The summed E-state index contributed by atoms with van der Waals surface area (Å²) in [6.07, 6.45) is 2.57. The van der Waals surface area contributed by atoms with Crippen molar-refractivity contribution in [2.45, 2.75) is 27.3 Å². The summed E-state index contributed by atoms with van der Waals surface area (Å²) in [5.41, 5.74) is 1.51. The van der Waals surface area contributed by atoms with Crippen LogP contribution in [0, 0.1) is 12.7 Å². The van der Waals surface area contributed by atoms with Crippen LogP contribution in [0.25, 0.3) is 22.2 Å². The molecule has 3 heterocycles. The maximum atomic E-state index is 14.1. The molecular formula is C17H18FN5O. The van der Waals surface area contributed by atoms with Gasteiger partial charge in [-0.2, -0.15) is 4.98 Å². The average molecular weight is 327 g/mol. The van der Waals surface area contributed by atoms with Crippen LogP contribution in [-0.4, -0.2) is 26.1 Å². The van der Waals surface area contributed by atoms with E-state index in [1.54, 1.807) is 10.6 Å². The number of pyridine rings is 2. The van der Waals surface area contributed by atoms with E-state index in [1.165, 1.54) is 12.3 Å². The molecule has 7 heteroatoms. The zero-order chi connectivity index (χ0) is 17.3. The summed E-state index contributed by atoms with van der Waals surface area (Å²) >= 11 is 0. The highest BCUT2D eigenvalue weighted by Gasteiger charge is 2.16. The Hall–Kier alpha value is -2.83. The SMILES string of the molecule is CCNc1nc(C)c2cc(-c3ccncc3F)c(=O)n(CC)c2n1. The number of fused-ring (bicyclic) bond motifs is 1. The Kier molecular flexibility index (Phi) is 4.24. The van der Waals surface area contributed by atoms with Crippen molar-refractivity contribution < 1.29 is 4.39 Å². The molecule has 0 amide bonds. The first-order chi connectivity index (χ1) is 11.6. The van der Waals surface area contributed by atoms with Crippen molar-refractivity contribution in [2.75, 3.05) is 11.9 Å². The first-order valence-corrected chi connectivity index (χ1v) is 7.82. The number of aryl methyl sites for hydroxylation is 2. The van der Waals surface area contributed by atoms with Gasteiger partial charge in [0.2, 0.25) is 5.95 Å². The summed E-state index contributed by atoms with van der Waals surface area (Å²) in [6, 6.07) is 3.16. The van der Waals surface area contributed by atoms with Crippen LogP contribution in [0.3, 0.4) is 0 Å². The molecule has 0 aliphatic rings. The fourth-order valence-corrected chi connectivity index (χ4v) is 2.71. The quantitative estimate of drug-likeness (QED) is 0.798. The van der Waals surface area contributed by atoms with Crippen LogP contribution < -0.4 is 10.9 Å². The monoisotopic (exact) mass is 327 g/mol. The van der Waals surface area contributed by atoms with Crippen molar-refractivity contribution in [3.63, 3.8) is 0 Å². The molecule has 3 aromatic heterocycles. The third kappa shape index (κ3) is 2.62. The summed E-state index contributed by atoms with van der Waals surface area (Å²) in [5, 5.41) is 3.79. The summed E-state index contributed by atoms with van der Waals surface area (Å²) < 4.78 is 15.6. The second kappa shape index (κ2) is 6.35. The minimum Gasteiger partial charge on any atom is -0.354 e. The molecule has 0 aliphatic carbocycles. The Morgan fingerprint density at radius 1 is 1.25 bits per heavy atom. The molecule has 3 aromatic rings. The van der Waals surface area contributed by atoms with Gasteiger partial charge in [-0.25, -0.2) is 9.37 Å². The van der Waals surface area contributed by atoms with Gasteiger partial charge in [-0.3, -0.25) is 14.3 Å². The van der Waals surface area contributed by atoms with E-state index in [4.69, 9.17) is 0 Å². The zero-order valence-corrected chi connectivity index (χ0v) is 13.8. The maximum absolute atomic E-state index is 14.1. The van der Waals surface area contributed by atoms with E-state index in [0.29, 0.717) is 24.7 Å². The molecule has 0 aromatic carbocycles. The molecule has 0 saturated heterocycles. The van der Waals surface area contributed by atoms with E-state index in [2.05, 4.69) is 20.3 Å². The van der Waals surface area contributed by atoms with Gasteiger partial charge >= 0.3 is 0 Å². The Morgan fingerprint density at radius 2 is 2.04 bits per heavy atom. The molecule has 24 heavy (non-hydrogen) atoms. The van der Waals surface area contributed by atoms with E-state index in [-0.39, 0.29) is 16.7 Å². The Labute approximate surface area is 138 Å². The molecule has 0 spiro atoms. The smallest absolute Gasteiger partial charge is 0.260 e. The molecule has 124 valence electrons. The van der Waals surface area contributed by atoms with Crippen LogP contribution in [0.2, 0.25) is 0 Å². The predicted octanol–water partition coefficient (Wildman–Crippen LogP) is 2.75. The van der Waals surface area contributed by atoms with Crippen LogP contribution in [0.15, 0.2) is 29.3 Å². The highest BCUT2D eigenvalue weighted by atomic mass is 19.1. The van der Waals surface area contributed by atoms with Crippen molar-refractivity contribution in [1.29, 1.82) is 0 Å². The third-order valence-electron chi connectivity index (χ3n) is 3.85.